The Bertz CT molecular complexity index is 594. The van der Waals surface area contributed by atoms with Gasteiger partial charge in [0.1, 0.15) is 0 Å². The normalized spacial score (nSPS) is 45.5. The van der Waals surface area contributed by atoms with Gasteiger partial charge in [-0.05, 0) is 51.9 Å². The van der Waals surface area contributed by atoms with Gasteiger partial charge in [-0.3, -0.25) is 0 Å². The third-order valence-corrected chi connectivity index (χ3v) is 7.50. The van der Waals surface area contributed by atoms with Crippen LogP contribution in [0.1, 0.15) is 65.2 Å². The molecule has 5 heteroatoms. The summed E-state index contributed by atoms with van der Waals surface area (Å²) in [5.74, 6) is 0.267. The average molecular weight is 421 g/mol. The SMILES string of the molecule is C=CC[C@H]1O[C@@]2(C)C[C@H]3OCCC[C@@H]3O[C@@H]2CC[C@@H]1O[C@@H]1CCCO[C@H]1[C@@H](C)C=C. The second kappa shape index (κ2) is 9.83. The second-order valence-electron chi connectivity index (χ2n) is 9.77. The van der Waals surface area contributed by atoms with Crippen LogP contribution in [0.15, 0.2) is 25.3 Å². The highest BCUT2D eigenvalue weighted by atomic mass is 16.6. The van der Waals surface area contributed by atoms with Gasteiger partial charge in [-0.15, -0.1) is 13.2 Å². The molecule has 4 fully saturated rings. The van der Waals surface area contributed by atoms with E-state index in [1.807, 2.05) is 12.2 Å². The Morgan fingerprint density at radius 1 is 1.03 bits per heavy atom. The molecule has 9 atom stereocenters. The van der Waals surface area contributed by atoms with Crippen molar-refractivity contribution in [2.45, 2.75) is 114 Å². The number of ether oxygens (including phenoxy) is 5. The summed E-state index contributed by atoms with van der Waals surface area (Å²) >= 11 is 0. The van der Waals surface area contributed by atoms with Crippen LogP contribution in [-0.4, -0.2) is 61.5 Å². The molecule has 4 heterocycles. The van der Waals surface area contributed by atoms with E-state index in [0.29, 0.717) is 0 Å². The van der Waals surface area contributed by atoms with Crippen molar-refractivity contribution < 1.29 is 23.7 Å². The highest BCUT2D eigenvalue weighted by Gasteiger charge is 2.51. The molecule has 0 spiro atoms. The summed E-state index contributed by atoms with van der Waals surface area (Å²) in [5, 5.41) is 0. The lowest BCUT2D eigenvalue weighted by Crippen LogP contribution is -2.57. The van der Waals surface area contributed by atoms with Gasteiger partial charge in [-0.25, -0.2) is 0 Å². The summed E-state index contributed by atoms with van der Waals surface area (Å²) in [6.45, 7) is 14.0. The molecule has 0 aromatic carbocycles. The number of rotatable bonds is 6. The van der Waals surface area contributed by atoms with Gasteiger partial charge in [0.25, 0.3) is 0 Å². The molecule has 0 aromatic heterocycles. The molecule has 5 nitrogen and oxygen atoms in total. The summed E-state index contributed by atoms with van der Waals surface area (Å²) in [4.78, 5) is 0. The molecule has 4 saturated heterocycles. The Morgan fingerprint density at radius 3 is 2.63 bits per heavy atom. The van der Waals surface area contributed by atoms with Gasteiger partial charge in [0.15, 0.2) is 0 Å². The summed E-state index contributed by atoms with van der Waals surface area (Å²) in [5.41, 5.74) is -0.346. The molecule has 0 N–H and O–H groups in total. The van der Waals surface area contributed by atoms with Crippen molar-refractivity contribution in [3.63, 3.8) is 0 Å². The quantitative estimate of drug-likeness (QED) is 0.588. The first-order valence-electron chi connectivity index (χ1n) is 12.0. The van der Waals surface area contributed by atoms with E-state index >= 15 is 0 Å². The van der Waals surface area contributed by atoms with Crippen molar-refractivity contribution in [2.24, 2.45) is 5.92 Å². The lowest BCUT2D eigenvalue weighted by molar-refractivity contribution is -0.262. The van der Waals surface area contributed by atoms with E-state index in [9.17, 15) is 0 Å². The maximum atomic E-state index is 6.81. The fourth-order valence-corrected chi connectivity index (χ4v) is 5.75. The van der Waals surface area contributed by atoms with Crippen LogP contribution in [0.5, 0.6) is 0 Å². The van der Waals surface area contributed by atoms with Crippen LogP contribution in [0.25, 0.3) is 0 Å². The van der Waals surface area contributed by atoms with E-state index in [4.69, 9.17) is 23.7 Å². The molecular formula is C25H40O5. The molecule has 4 aliphatic rings. The Labute approximate surface area is 182 Å². The van der Waals surface area contributed by atoms with Crippen molar-refractivity contribution in [2.75, 3.05) is 13.2 Å². The molecule has 0 amide bonds. The molecule has 0 radical (unpaired) electrons. The zero-order valence-corrected chi connectivity index (χ0v) is 18.8. The minimum Gasteiger partial charge on any atom is -0.375 e. The molecule has 0 bridgehead atoms. The van der Waals surface area contributed by atoms with Crippen molar-refractivity contribution in [3.05, 3.63) is 25.3 Å². The molecule has 0 unspecified atom stereocenters. The zero-order valence-electron chi connectivity index (χ0n) is 18.8. The first kappa shape index (κ1) is 22.5. The Morgan fingerprint density at radius 2 is 1.83 bits per heavy atom. The minimum atomic E-state index is -0.346. The minimum absolute atomic E-state index is 0.0168. The second-order valence-corrected chi connectivity index (χ2v) is 9.77. The van der Waals surface area contributed by atoms with Crippen molar-refractivity contribution in [1.82, 2.24) is 0 Å². The van der Waals surface area contributed by atoms with Gasteiger partial charge in [0.2, 0.25) is 0 Å². The summed E-state index contributed by atoms with van der Waals surface area (Å²) in [6.07, 6.45) is 12.3. The fraction of sp³-hybridized carbons (Fsp3) is 0.840. The van der Waals surface area contributed by atoms with Crippen molar-refractivity contribution in [1.29, 1.82) is 0 Å². The van der Waals surface area contributed by atoms with E-state index in [1.54, 1.807) is 0 Å². The van der Waals surface area contributed by atoms with Crippen LogP contribution in [0.3, 0.4) is 0 Å². The average Bonchev–Trinajstić information content (AvgIpc) is 2.88. The molecule has 30 heavy (non-hydrogen) atoms. The smallest absolute Gasteiger partial charge is 0.0946 e. The standard InChI is InChI=1S/C25H40O5/c1-5-9-20-19(28-21-11-8-15-27-24(21)17(3)6-2)12-13-23-25(4,30-20)16-22-18(29-23)10-7-14-26-22/h5-6,17-24H,1-2,7-16H2,3-4H3/t17-,18-,19-,20+,21+,22+,23+,24-,25-/m0/s1. The predicted octanol–water partition coefficient (Wildman–Crippen LogP) is 4.59. The zero-order chi connectivity index (χ0) is 21.1. The van der Waals surface area contributed by atoms with Gasteiger partial charge < -0.3 is 23.7 Å². The maximum Gasteiger partial charge on any atom is 0.0946 e. The monoisotopic (exact) mass is 420 g/mol. The fourth-order valence-electron chi connectivity index (χ4n) is 5.75. The summed E-state index contributed by atoms with van der Waals surface area (Å²) < 4.78 is 32.2. The third kappa shape index (κ3) is 4.71. The highest BCUT2D eigenvalue weighted by Crippen LogP contribution is 2.43. The largest absolute Gasteiger partial charge is 0.375 e. The van der Waals surface area contributed by atoms with E-state index in [0.717, 1.165) is 64.6 Å². The molecule has 4 aliphatic heterocycles. The van der Waals surface area contributed by atoms with Gasteiger partial charge in [-0.2, -0.15) is 0 Å². The number of hydrogen-bond donors (Lipinski definition) is 0. The molecule has 0 aromatic rings. The maximum absolute atomic E-state index is 6.81. The molecule has 0 aliphatic carbocycles. The van der Waals surface area contributed by atoms with Crippen molar-refractivity contribution >= 4 is 0 Å². The van der Waals surface area contributed by atoms with Crippen LogP contribution >= 0.6 is 0 Å². The van der Waals surface area contributed by atoms with Crippen LogP contribution < -0.4 is 0 Å². The lowest BCUT2D eigenvalue weighted by Gasteiger charge is -2.49. The number of hydrogen-bond acceptors (Lipinski definition) is 5. The summed E-state index contributed by atoms with van der Waals surface area (Å²) in [6, 6.07) is 0. The Balaban J connectivity index is 1.49. The van der Waals surface area contributed by atoms with Gasteiger partial charge in [0, 0.05) is 25.6 Å². The van der Waals surface area contributed by atoms with E-state index < -0.39 is 0 Å². The van der Waals surface area contributed by atoms with E-state index in [2.05, 4.69) is 27.0 Å². The highest BCUT2D eigenvalue weighted by molar-refractivity contribution is 5.01. The topological polar surface area (TPSA) is 46.2 Å². The van der Waals surface area contributed by atoms with E-state index in [1.165, 1.54) is 0 Å². The summed E-state index contributed by atoms with van der Waals surface area (Å²) in [7, 11) is 0. The number of fused-ring (bicyclic) bond motifs is 2. The van der Waals surface area contributed by atoms with Crippen LogP contribution in [0.4, 0.5) is 0 Å². The molecular weight excluding hydrogens is 380 g/mol. The van der Waals surface area contributed by atoms with Crippen LogP contribution in [0.2, 0.25) is 0 Å². The predicted molar refractivity (Wildman–Crippen MR) is 117 cm³/mol. The van der Waals surface area contributed by atoms with Crippen LogP contribution in [-0.2, 0) is 23.7 Å². The molecule has 170 valence electrons. The first-order valence-corrected chi connectivity index (χ1v) is 12.0. The van der Waals surface area contributed by atoms with Crippen LogP contribution in [0, 0.1) is 5.92 Å². The van der Waals surface area contributed by atoms with Crippen molar-refractivity contribution in [3.8, 4) is 0 Å². The Hall–Kier alpha value is -0.720. The molecule has 0 saturated carbocycles. The van der Waals surface area contributed by atoms with E-state index in [-0.39, 0.29) is 54.2 Å². The van der Waals surface area contributed by atoms with Gasteiger partial charge in [0.05, 0.1) is 48.3 Å². The van der Waals surface area contributed by atoms with Gasteiger partial charge in [-0.1, -0.05) is 19.1 Å². The first-order chi connectivity index (χ1) is 14.5. The Kier molecular flexibility index (Phi) is 7.36. The molecule has 4 rings (SSSR count). The third-order valence-electron chi connectivity index (χ3n) is 7.50. The lowest BCUT2D eigenvalue weighted by atomic mass is 9.83. The van der Waals surface area contributed by atoms with Gasteiger partial charge >= 0.3 is 0 Å².